The van der Waals surface area contributed by atoms with E-state index in [0.29, 0.717) is 12.6 Å². The van der Waals surface area contributed by atoms with Crippen molar-refractivity contribution in [2.75, 3.05) is 51.8 Å². The lowest BCUT2D eigenvalue weighted by Gasteiger charge is -2.34. The lowest BCUT2D eigenvalue weighted by molar-refractivity contribution is -0.137. The molecule has 1 atom stereocenters. The molecule has 8 nitrogen and oxygen atoms in total. The summed E-state index contributed by atoms with van der Waals surface area (Å²) in [5.74, 6) is 2.56. The minimum absolute atomic E-state index is 0.103. The number of hydrogen-bond donors (Lipinski definition) is 1. The monoisotopic (exact) mass is 503 g/mol. The average Bonchev–Trinajstić information content (AvgIpc) is 2.95. The zero-order valence-electron chi connectivity index (χ0n) is 22.0. The van der Waals surface area contributed by atoms with Crippen LogP contribution in [0.4, 0.5) is 11.6 Å². The van der Waals surface area contributed by atoms with Crippen LogP contribution in [0.25, 0.3) is 11.1 Å². The first-order valence-corrected chi connectivity index (χ1v) is 13.1. The molecule has 1 amide bonds. The van der Waals surface area contributed by atoms with Crippen molar-refractivity contribution in [1.29, 1.82) is 0 Å². The number of carbonyl (C=O) groups excluding carboxylic acids is 1. The number of ether oxygens (including phenoxy) is 2. The Bertz CT molecular complexity index is 1120. The zero-order chi connectivity index (χ0) is 26.0. The number of aromatic nitrogens is 2. The molecule has 4 rings (SSSR count). The van der Waals surface area contributed by atoms with Crippen molar-refractivity contribution in [2.45, 2.75) is 26.7 Å². The van der Waals surface area contributed by atoms with Crippen molar-refractivity contribution in [3.8, 4) is 22.6 Å². The largest absolute Gasteiger partial charge is 0.497 e. The molecule has 1 aliphatic heterocycles. The molecule has 0 aliphatic carbocycles. The number of nitrogens with one attached hydrogen (secondary N) is 1. The molecule has 2 aromatic carbocycles. The van der Waals surface area contributed by atoms with Gasteiger partial charge < -0.3 is 19.7 Å². The summed E-state index contributed by atoms with van der Waals surface area (Å²) in [6.45, 7) is 8.89. The maximum atomic E-state index is 12.7. The van der Waals surface area contributed by atoms with Gasteiger partial charge in [0.2, 0.25) is 11.9 Å². The van der Waals surface area contributed by atoms with Gasteiger partial charge in [0.15, 0.2) is 0 Å². The van der Waals surface area contributed by atoms with E-state index in [1.54, 1.807) is 19.5 Å². The molecular formula is C29H37N5O3. The standard InChI is InChI=1S/C29H37N5O3/c1-4-34(5-2)28(35)23-7-6-16-33(21-23)17-18-37-27-14-10-25(11-15-27)32-29-30-19-24(20-31-29)22-8-12-26(36-3)13-9-22/h8-15,19-20,23H,4-7,16-18,21H2,1-3H3,(H,30,31,32). The predicted octanol–water partition coefficient (Wildman–Crippen LogP) is 4.86. The highest BCUT2D eigenvalue weighted by Crippen LogP contribution is 2.23. The number of rotatable bonds is 11. The molecule has 196 valence electrons. The summed E-state index contributed by atoms with van der Waals surface area (Å²) in [4.78, 5) is 25.9. The van der Waals surface area contributed by atoms with Crippen molar-refractivity contribution in [2.24, 2.45) is 5.92 Å². The number of nitrogens with zero attached hydrogens (tertiary/aromatic N) is 4. The third-order valence-corrected chi connectivity index (χ3v) is 6.79. The van der Waals surface area contributed by atoms with E-state index in [-0.39, 0.29) is 11.8 Å². The second-order valence-corrected chi connectivity index (χ2v) is 9.17. The molecule has 1 aliphatic rings. The van der Waals surface area contributed by atoms with Crippen LogP contribution < -0.4 is 14.8 Å². The fraction of sp³-hybridized carbons (Fsp3) is 0.414. The number of anilines is 2. The number of piperidine rings is 1. The van der Waals surface area contributed by atoms with Crippen LogP contribution in [0, 0.1) is 5.92 Å². The van der Waals surface area contributed by atoms with E-state index < -0.39 is 0 Å². The first-order valence-electron chi connectivity index (χ1n) is 13.1. The zero-order valence-corrected chi connectivity index (χ0v) is 22.0. The lowest BCUT2D eigenvalue weighted by atomic mass is 9.96. The quantitative estimate of drug-likeness (QED) is 0.400. The molecule has 0 bridgehead atoms. The Morgan fingerprint density at radius 3 is 2.32 bits per heavy atom. The Labute approximate surface area is 219 Å². The van der Waals surface area contributed by atoms with E-state index in [4.69, 9.17) is 9.47 Å². The van der Waals surface area contributed by atoms with E-state index in [2.05, 4.69) is 20.2 Å². The third-order valence-electron chi connectivity index (χ3n) is 6.79. The van der Waals surface area contributed by atoms with Gasteiger partial charge in [0, 0.05) is 49.8 Å². The van der Waals surface area contributed by atoms with Gasteiger partial charge in [0.1, 0.15) is 18.1 Å². The number of hydrogen-bond acceptors (Lipinski definition) is 7. The number of amides is 1. The van der Waals surface area contributed by atoms with Crippen molar-refractivity contribution >= 4 is 17.5 Å². The van der Waals surface area contributed by atoms with Crippen LogP contribution in [0.2, 0.25) is 0 Å². The van der Waals surface area contributed by atoms with Gasteiger partial charge in [-0.25, -0.2) is 9.97 Å². The Morgan fingerprint density at radius 2 is 1.68 bits per heavy atom. The number of carbonyl (C=O) groups is 1. The second kappa shape index (κ2) is 13.1. The maximum absolute atomic E-state index is 12.7. The molecule has 0 saturated carbocycles. The molecule has 1 fully saturated rings. The van der Waals surface area contributed by atoms with E-state index in [9.17, 15) is 4.79 Å². The smallest absolute Gasteiger partial charge is 0.227 e. The first kappa shape index (κ1) is 26.4. The lowest BCUT2D eigenvalue weighted by Crippen LogP contribution is -2.45. The molecule has 8 heteroatoms. The molecule has 1 aromatic heterocycles. The first-order chi connectivity index (χ1) is 18.1. The van der Waals surface area contributed by atoms with Crippen molar-refractivity contribution in [3.63, 3.8) is 0 Å². The van der Waals surface area contributed by atoms with Gasteiger partial charge in [-0.3, -0.25) is 9.69 Å². The molecule has 0 spiro atoms. The van der Waals surface area contributed by atoms with Crippen LogP contribution in [0.3, 0.4) is 0 Å². The Kier molecular flexibility index (Phi) is 9.32. The summed E-state index contributed by atoms with van der Waals surface area (Å²) >= 11 is 0. The van der Waals surface area contributed by atoms with Crippen LogP contribution in [0.15, 0.2) is 60.9 Å². The molecule has 2 heterocycles. The normalized spacial score (nSPS) is 15.7. The summed E-state index contributed by atoms with van der Waals surface area (Å²) in [5.41, 5.74) is 2.86. The van der Waals surface area contributed by atoms with Gasteiger partial charge in [-0.2, -0.15) is 0 Å². The summed E-state index contributed by atoms with van der Waals surface area (Å²) in [5, 5.41) is 3.23. The molecule has 0 radical (unpaired) electrons. The number of benzene rings is 2. The van der Waals surface area contributed by atoms with E-state index in [1.807, 2.05) is 67.3 Å². The highest BCUT2D eigenvalue weighted by Gasteiger charge is 2.28. The summed E-state index contributed by atoms with van der Waals surface area (Å²) in [6.07, 6.45) is 5.64. The van der Waals surface area contributed by atoms with Crippen LogP contribution in [-0.4, -0.2) is 72.1 Å². The third kappa shape index (κ3) is 7.20. The molecule has 37 heavy (non-hydrogen) atoms. The molecule has 1 N–H and O–H groups in total. The van der Waals surface area contributed by atoms with Gasteiger partial charge in [0.05, 0.1) is 13.0 Å². The van der Waals surface area contributed by atoms with Crippen LogP contribution >= 0.6 is 0 Å². The molecular weight excluding hydrogens is 466 g/mol. The summed E-state index contributed by atoms with van der Waals surface area (Å²) in [6, 6.07) is 15.6. The predicted molar refractivity (Wildman–Crippen MR) is 146 cm³/mol. The van der Waals surface area contributed by atoms with Crippen molar-refractivity contribution in [1.82, 2.24) is 19.8 Å². The highest BCUT2D eigenvalue weighted by atomic mass is 16.5. The van der Waals surface area contributed by atoms with Crippen molar-refractivity contribution in [3.05, 3.63) is 60.9 Å². The van der Waals surface area contributed by atoms with Gasteiger partial charge in [-0.15, -0.1) is 0 Å². The molecule has 1 unspecified atom stereocenters. The minimum atomic E-state index is 0.103. The number of methoxy groups -OCH3 is 1. The van der Waals surface area contributed by atoms with E-state index >= 15 is 0 Å². The van der Waals surface area contributed by atoms with Crippen molar-refractivity contribution < 1.29 is 14.3 Å². The Hall–Kier alpha value is -3.65. The topological polar surface area (TPSA) is 79.8 Å². The maximum Gasteiger partial charge on any atom is 0.227 e. The Balaban J connectivity index is 1.23. The highest BCUT2D eigenvalue weighted by molar-refractivity contribution is 5.79. The molecule has 1 saturated heterocycles. The van der Waals surface area contributed by atoms with Gasteiger partial charge >= 0.3 is 0 Å². The van der Waals surface area contributed by atoms with Gasteiger partial charge in [0.25, 0.3) is 0 Å². The second-order valence-electron chi connectivity index (χ2n) is 9.17. The van der Waals surface area contributed by atoms with Crippen LogP contribution in [0.1, 0.15) is 26.7 Å². The fourth-order valence-corrected chi connectivity index (χ4v) is 4.63. The molecule has 3 aromatic rings. The number of likely N-dealkylation sites (tertiary alicyclic amines) is 1. The van der Waals surface area contributed by atoms with Crippen LogP contribution in [-0.2, 0) is 4.79 Å². The van der Waals surface area contributed by atoms with E-state index in [1.165, 1.54) is 0 Å². The SMILES string of the molecule is CCN(CC)C(=O)C1CCCN(CCOc2ccc(Nc3ncc(-c4ccc(OC)cc4)cn3)cc2)C1. The average molecular weight is 504 g/mol. The van der Waals surface area contributed by atoms with Gasteiger partial charge in [-0.1, -0.05) is 12.1 Å². The minimum Gasteiger partial charge on any atom is -0.497 e. The van der Waals surface area contributed by atoms with Gasteiger partial charge in [-0.05, 0) is 75.2 Å². The van der Waals surface area contributed by atoms with Crippen LogP contribution in [0.5, 0.6) is 11.5 Å². The Morgan fingerprint density at radius 1 is 1.00 bits per heavy atom. The summed E-state index contributed by atoms with van der Waals surface area (Å²) < 4.78 is 11.2. The summed E-state index contributed by atoms with van der Waals surface area (Å²) in [7, 11) is 1.65. The van der Waals surface area contributed by atoms with E-state index in [0.717, 1.165) is 73.9 Å². The fourth-order valence-electron chi connectivity index (χ4n) is 4.63.